The topological polar surface area (TPSA) is 185 Å². The Morgan fingerprint density at radius 1 is 1.16 bits per heavy atom. The lowest BCUT2D eigenvalue weighted by Gasteiger charge is -2.43. The molecule has 2 saturated carbocycles. The third-order valence-electron chi connectivity index (χ3n) is 11.7. The van der Waals surface area contributed by atoms with Crippen LogP contribution >= 0.6 is 0 Å². The van der Waals surface area contributed by atoms with Crippen LogP contribution in [0.5, 0.6) is 11.6 Å². The lowest BCUT2D eigenvalue weighted by Crippen LogP contribution is -2.62. The van der Waals surface area contributed by atoms with Gasteiger partial charge in [0.25, 0.3) is 5.91 Å². The van der Waals surface area contributed by atoms with Gasteiger partial charge in [-0.3, -0.25) is 24.0 Å². The van der Waals surface area contributed by atoms with Gasteiger partial charge in [-0.25, -0.2) is 27.0 Å². The van der Waals surface area contributed by atoms with Gasteiger partial charge in [-0.15, -0.1) is 0 Å². The number of fused-ring (bicyclic) bond motifs is 3. The number of nitrogens with one attached hydrogen (secondary N) is 2. The van der Waals surface area contributed by atoms with Crippen molar-refractivity contribution in [3.8, 4) is 11.6 Å². The third-order valence-corrected chi connectivity index (χ3v) is 13.8. The summed E-state index contributed by atoms with van der Waals surface area (Å²) in [6.45, 7) is 7.55. The molecule has 7 atom stereocenters. The molecule has 3 N–H and O–H groups in total. The van der Waals surface area contributed by atoms with Gasteiger partial charge in [0.15, 0.2) is 0 Å². The molecule has 1 aromatic carbocycles. The summed E-state index contributed by atoms with van der Waals surface area (Å²) in [5, 5.41) is 14.1. The highest BCUT2D eigenvalue weighted by Gasteiger charge is 2.64. The second-order valence-electron chi connectivity index (χ2n) is 16.9. The number of pyridine rings is 1. The van der Waals surface area contributed by atoms with E-state index in [1.165, 1.54) is 36.4 Å². The number of ether oxygens (including phenoxy) is 2. The number of aromatic nitrogens is 1. The number of methoxy groups -OCH3 is 1. The first-order valence-corrected chi connectivity index (χ1v) is 20.5. The molecule has 0 spiro atoms. The van der Waals surface area contributed by atoms with Crippen molar-refractivity contribution in [2.24, 2.45) is 17.8 Å². The predicted molar refractivity (Wildman–Crippen MR) is 201 cm³/mol. The minimum Gasteiger partial charge on any atom is -0.494 e. The largest absolute Gasteiger partial charge is 0.494 e. The number of hydrogen-bond acceptors (Lipinski definition) is 9. The fraction of sp³-hybridized carbons (Fsp3) is 0.615. The monoisotopic (exact) mass is 803 g/mol. The van der Waals surface area contributed by atoms with Gasteiger partial charge in [0, 0.05) is 28.7 Å². The van der Waals surface area contributed by atoms with Crippen molar-refractivity contribution >= 4 is 44.6 Å². The molecule has 17 heteroatoms. The third kappa shape index (κ3) is 7.75. The first-order valence-electron chi connectivity index (χ1n) is 19.0. The van der Waals surface area contributed by atoms with Gasteiger partial charge in [0.1, 0.15) is 46.7 Å². The van der Waals surface area contributed by atoms with Gasteiger partial charge in [0.05, 0.1) is 19.9 Å². The molecule has 0 radical (unpaired) electrons. The number of carbonyl (C=O) groups excluding carboxylic acids is 3. The fourth-order valence-electron chi connectivity index (χ4n) is 8.30. The van der Waals surface area contributed by atoms with Crippen LogP contribution in [0.15, 0.2) is 36.5 Å². The zero-order valence-corrected chi connectivity index (χ0v) is 33.3. The van der Waals surface area contributed by atoms with Crippen LogP contribution in [0.25, 0.3) is 10.8 Å². The van der Waals surface area contributed by atoms with E-state index in [1.54, 1.807) is 26.8 Å². The van der Waals surface area contributed by atoms with Crippen LogP contribution in [0.1, 0.15) is 79.6 Å². The molecular weight excluding hydrogens is 753 g/mol. The Morgan fingerprint density at radius 2 is 1.88 bits per heavy atom. The van der Waals surface area contributed by atoms with Crippen LogP contribution in [0.4, 0.5) is 13.6 Å². The second-order valence-corrected chi connectivity index (χ2v) is 19.0. The van der Waals surface area contributed by atoms with Crippen molar-refractivity contribution < 1.29 is 51.0 Å². The minimum absolute atomic E-state index is 0.0444. The summed E-state index contributed by atoms with van der Waals surface area (Å²) >= 11 is 0. The average Bonchev–Trinajstić information content (AvgIpc) is 4.02. The highest BCUT2D eigenvalue weighted by molar-refractivity contribution is 7.91. The molecule has 3 heterocycles. The minimum atomic E-state index is -4.42. The smallest absolute Gasteiger partial charge is 0.408 e. The molecule has 14 nitrogen and oxygen atoms in total. The van der Waals surface area contributed by atoms with Crippen LogP contribution in [-0.4, -0.2) is 106 Å². The first-order chi connectivity index (χ1) is 26.3. The Hall–Kier alpha value is -4.54. The van der Waals surface area contributed by atoms with Crippen molar-refractivity contribution in [1.29, 1.82) is 0 Å². The summed E-state index contributed by atoms with van der Waals surface area (Å²) in [7, 11) is -3.01. The molecule has 56 heavy (non-hydrogen) atoms. The summed E-state index contributed by atoms with van der Waals surface area (Å²) < 4.78 is 66.6. The number of rotatable bonds is 8. The second kappa shape index (κ2) is 15.1. The predicted octanol–water partition coefficient (Wildman–Crippen LogP) is 4.71. The Kier molecular flexibility index (Phi) is 11.1. The number of nitrogens with zero attached hydrogens (tertiary/aromatic N) is 3. The number of carboxylic acid groups (broad SMARTS) is 1. The molecule has 1 aromatic heterocycles. The summed E-state index contributed by atoms with van der Waals surface area (Å²) in [5.41, 5.74) is -2.74. The molecular formula is C39H51F2N5O9S. The lowest BCUT2D eigenvalue weighted by molar-refractivity contribution is -0.146. The number of alkyl halides is 1. The van der Waals surface area contributed by atoms with Crippen LogP contribution < -0.4 is 19.5 Å². The molecule has 0 bridgehead atoms. The van der Waals surface area contributed by atoms with Crippen LogP contribution in [0.3, 0.4) is 0 Å². The molecule has 1 saturated heterocycles. The van der Waals surface area contributed by atoms with E-state index in [0.29, 0.717) is 35.8 Å². The summed E-state index contributed by atoms with van der Waals surface area (Å²) in [4.78, 5) is 63.2. The van der Waals surface area contributed by atoms with E-state index in [1.807, 2.05) is 19.9 Å². The maximum absolute atomic E-state index is 15.0. The van der Waals surface area contributed by atoms with Gasteiger partial charge in [0.2, 0.25) is 27.7 Å². The van der Waals surface area contributed by atoms with E-state index in [2.05, 4.69) is 15.0 Å². The molecule has 306 valence electrons. The van der Waals surface area contributed by atoms with Crippen molar-refractivity contribution in [3.63, 3.8) is 0 Å². The van der Waals surface area contributed by atoms with Gasteiger partial charge in [-0.1, -0.05) is 26.0 Å². The number of carbonyl (C=O) groups is 4. The van der Waals surface area contributed by atoms with Crippen LogP contribution in [-0.2, 0) is 24.4 Å². The van der Waals surface area contributed by atoms with Crippen molar-refractivity contribution in [3.05, 3.63) is 42.4 Å². The lowest BCUT2D eigenvalue weighted by atomic mass is 9.85. The van der Waals surface area contributed by atoms with E-state index in [0.717, 1.165) is 4.90 Å². The first kappa shape index (κ1) is 41.1. The van der Waals surface area contributed by atoms with Gasteiger partial charge in [-0.05, 0) is 89.3 Å². The zero-order chi connectivity index (χ0) is 41.0. The molecule has 4 amide bonds. The highest BCUT2D eigenvalue weighted by Crippen LogP contribution is 2.48. The SMILES string of the molecule is COc1cnc(O[C@@H]2C[C@H]3C(=O)N[C@]4(C(=O)NS(=O)(=O)C5(CF)CC5)C[C@H]4/C=C\CC[C@H](C)C[C@@H](C)[C@H](N(C(=O)O)C(C)(C)C)C(=O)N3C2)c2ccc(F)cc12. The maximum atomic E-state index is 15.0. The number of amides is 4. The Bertz CT molecular complexity index is 2040. The van der Waals surface area contributed by atoms with Crippen LogP contribution in [0.2, 0.25) is 0 Å². The standard InChI is InChI=1S/C39H51F2N5O9S/c1-22-9-7-8-10-24-18-39(24,35(49)44-56(52,53)38(21-40)13-14-38)43-32(47)29-17-26(55-33-27-12-11-25(41)16-28(27)30(54-6)19-42-33)20-45(29)34(48)31(23(2)15-22)46(36(50)51)37(3,4)5/h8,10-12,16,19,22-24,26,29,31H,7,9,13-15,17-18,20-21H2,1-6H3,(H,43,47)(H,44,49)(H,50,51)/b10-8-/t22-,23+,24+,26+,29-,31-,39+/m0/s1. The van der Waals surface area contributed by atoms with Gasteiger partial charge >= 0.3 is 6.09 Å². The van der Waals surface area contributed by atoms with Gasteiger partial charge in [-0.2, -0.15) is 0 Å². The molecule has 6 rings (SSSR count). The van der Waals surface area contributed by atoms with Crippen molar-refractivity contribution in [1.82, 2.24) is 24.8 Å². The number of hydrogen-bond donors (Lipinski definition) is 3. The average molecular weight is 804 g/mol. The summed E-state index contributed by atoms with van der Waals surface area (Å²) in [6.07, 6.45) is 4.60. The van der Waals surface area contributed by atoms with Crippen LogP contribution in [0, 0.1) is 23.6 Å². The molecule has 3 fully saturated rings. The number of allylic oxidation sites excluding steroid dienone is 1. The molecule has 2 aliphatic carbocycles. The van der Waals surface area contributed by atoms with Gasteiger partial charge < -0.3 is 24.8 Å². The Labute approximate surface area is 325 Å². The van der Waals surface area contributed by atoms with E-state index in [4.69, 9.17) is 9.47 Å². The van der Waals surface area contributed by atoms with E-state index in [-0.39, 0.29) is 44.0 Å². The number of benzene rings is 1. The fourth-order valence-corrected chi connectivity index (χ4v) is 9.72. The molecule has 4 aliphatic rings. The summed E-state index contributed by atoms with van der Waals surface area (Å²) in [5.74, 6) is -3.60. The molecule has 2 aromatic rings. The number of halogens is 2. The van der Waals surface area contributed by atoms with Crippen molar-refractivity contribution in [2.75, 3.05) is 20.3 Å². The van der Waals surface area contributed by atoms with E-state index >= 15 is 4.79 Å². The Morgan fingerprint density at radius 3 is 2.50 bits per heavy atom. The molecule has 2 aliphatic heterocycles. The van der Waals surface area contributed by atoms with Crippen molar-refractivity contribution in [2.45, 2.75) is 114 Å². The Balaban J connectivity index is 1.40. The zero-order valence-electron chi connectivity index (χ0n) is 32.5. The number of sulfonamides is 1. The normalized spacial score (nSPS) is 29.8. The quantitative estimate of drug-likeness (QED) is 0.316. The highest BCUT2D eigenvalue weighted by atomic mass is 32.2. The van der Waals surface area contributed by atoms with E-state index < -0.39 is 92.2 Å². The van der Waals surface area contributed by atoms with E-state index in [9.17, 15) is 36.7 Å². The molecule has 0 unspecified atom stereocenters. The summed E-state index contributed by atoms with van der Waals surface area (Å²) in [6, 6.07) is 1.45. The maximum Gasteiger partial charge on any atom is 0.408 e.